The lowest BCUT2D eigenvalue weighted by Crippen LogP contribution is -2.58. The SMILES string of the molecule is C=CC(=O)N1C[C@H](C)N(c2nc(OC[C@@H]3CCCN3C)nc3c(=O)n(-c4cccc5ccccc45)c(C)nc23)[C@@H](C)C1. The van der Waals surface area contributed by atoms with Crippen molar-refractivity contribution in [3.63, 3.8) is 0 Å². The van der Waals surface area contributed by atoms with Crippen LogP contribution in [0.5, 0.6) is 6.01 Å². The van der Waals surface area contributed by atoms with Crippen LogP contribution >= 0.6 is 0 Å². The Labute approximate surface area is 245 Å². The highest BCUT2D eigenvalue weighted by Crippen LogP contribution is 2.31. The summed E-state index contributed by atoms with van der Waals surface area (Å²) in [6.07, 6.45) is 3.51. The summed E-state index contributed by atoms with van der Waals surface area (Å²) in [6, 6.07) is 14.1. The molecule has 10 nitrogen and oxygen atoms in total. The Morgan fingerprint density at radius 3 is 2.50 bits per heavy atom. The van der Waals surface area contributed by atoms with Crippen molar-refractivity contribution in [2.24, 2.45) is 0 Å². The first-order valence-corrected chi connectivity index (χ1v) is 14.6. The van der Waals surface area contributed by atoms with Gasteiger partial charge in [0.25, 0.3) is 5.56 Å². The third kappa shape index (κ3) is 4.89. The predicted molar refractivity (Wildman–Crippen MR) is 164 cm³/mol. The van der Waals surface area contributed by atoms with Gasteiger partial charge in [0.15, 0.2) is 11.3 Å². The summed E-state index contributed by atoms with van der Waals surface area (Å²) in [5, 5.41) is 1.98. The molecule has 10 heteroatoms. The number of likely N-dealkylation sites (tertiary alicyclic amines) is 1. The number of aromatic nitrogens is 4. The summed E-state index contributed by atoms with van der Waals surface area (Å²) >= 11 is 0. The van der Waals surface area contributed by atoms with E-state index in [1.807, 2.05) is 63.2 Å². The molecule has 2 aliphatic rings. The van der Waals surface area contributed by atoms with Gasteiger partial charge >= 0.3 is 6.01 Å². The van der Waals surface area contributed by atoms with Crippen molar-refractivity contribution in [3.05, 3.63) is 71.3 Å². The molecule has 0 bridgehead atoms. The molecule has 2 fully saturated rings. The summed E-state index contributed by atoms with van der Waals surface area (Å²) in [4.78, 5) is 47.5. The lowest BCUT2D eigenvalue weighted by molar-refractivity contribution is -0.127. The molecular formula is C32H37N7O3. The fourth-order valence-corrected chi connectivity index (χ4v) is 6.48. The zero-order valence-electron chi connectivity index (χ0n) is 24.7. The Morgan fingerprint density at radius 2 is 1.79 bits per heavy atom. The van der Waals surface area contributed by atoms with Crippen LogP contribution in [0.25, 0.3) is 27.5 Å². The molecule has 4 heterocycles. The first-order valence-electron chi connectivity index (χ1n) is 14.6. The second-order valence-corrected chi connectivity index (χ2v) is 11.5. The monoisotopic (exact) mass is 567 g/mol. The second-order valence-electron chi connectivity index (χ2n) is 11.5. The molecule has 2 saturated heterocycles. The van der Waals surface area contributed by atoms with Gasteiger partial charge in [-0.15, -0.1) is 0 Å². The first kappa shape index (κ1) is 27.8. The Hall–Kier alpha value is -4.31. The van der Waals surface area contributed by atoms with Gasteiger partial charge in [0, 0.05) is 36.6 Å². The summed E-state index contributed by atoms with van der Waals surface area (Å²) in [7, 11) is 2.09. The molecule has 2 aliphatic heterocycles. The van der Waals surface area contributed by atoms with Crippen LogP contribution in [0.1, 0.15) is 32.5 Å². The smallest absolute Gasteiger partial charge is 0.319 e. The second kappa shape index (κ2) is 11.2. The number of amides is 1. The maximum Gasteiger partial charge on any atom is 0.319 e. The van der Waals surface area contributed by atoms with Crippen molar-refractivity contribution in [3.8, 4) is 11.7 Å². The number of likely N-dealkylation sites (N-methyl/N-ethyl adjacent to an activating group) is 1. The van der Waals surface area contributed by atoms with E-state index in [1.54, 1.807) is 9.47 Å². The lowest BCUT2D eigenvalue weighted by Gasteiger charge is -2.45. The van der Waals surface area contributed by atoms with Crippen LogP contribution in [0, 0.1) is 6.92 Å². The minimum Gasteiger partial charge on any atom is -0.462 e. The highest BCUT2D eigenvalue weighted by Gasteiger charge is 2.35. The molecule has 0 radical (unpaired) electrons. The van der Waals surface area contributed by atoms with E-state index in [0.717, 1.165) is 35.8 Å². The Bertz CT molecular complexity index is 1720. The van der Waals surface area contributed by atoms with Crippen molar-refractivity contribution in [1.29, 1.82) is 0 Å². The molecule has 0 saturated carbocycles. The van der Waals surface area contributed by atoms with Gasteiger partial charge in [0.2, 0.25) is 5.91 Å². The third-order valence-electron chi connectivity index (χ3n) is 8.58. The van der Waals surface area contributed by atoms with Crippen LogP contribution in [0.2, 0.25) is 0 Å². The van der Waals surface area contributed by atoms with E-state index in [1.165, 1.54) is 6.08 Å². The number of hydrogen-bond acceptors (Lipinski definition) is 8. The Balaban J connectivity index is 1.51. The van der Waals surface area contributed by atoms with Gasteiger partial charge in [0.1, 0.15) is 17.9 Å². The predicted octanol–water partition coefficient (Wildman–Crippen LogP) is 3.72. The highest BCUT2D eigenvalue weighted by molar-refractivity contribution is 5.92. The van der Waals surface area contributed by atoms with Crippen LogP contribution in [0.3, 0.4) is 0 Å². The minimum atomic E-state index is -0.277. The minimum absolute atomic E-state index is 0.0906. The van der Waals surface area contributed by atoms with Crippen LogP contribution in [0.15, 0.2) is 59.9 Å². The highest BCUT2D eigenvalue weighted by atomic mass is 16.5. The van der Waals surface area contributed by atoms with E-state index in [0.29, 0.717) is 36.9 Å². The number of rotatable bonds is 6. The van der Waals surface area contributed by atoms with Gasteiger partial charge in [-0.2, -0.15) is 9.97 Å². The van der Waals surface area contributed by atoms with E-state index in [9.17, 15) is 9.59 Å². The zero-order valence-corrected chi connectivity index (χ0v) is 24.7. The van der Waals surface area contributed by atoms with Gasteiger partial charge < -0.3 is 19.4 Å². The van der Waals surface area contributed by atoms with Crippen LogP contribution in [0.4, 0.5) is 5.82 Å². The largest absolute Gasteiger partial charge is 0.462 e. The van der Waals surface area contributed by atoms with Gasteiger partial charge in [0.05, 0.1) is 5.69 Å². The molecule has 0 N–H and O–H groups in total. The summed E-state index contributed by atoms with van der Waals surface area (Å²) in [5.41, 5.74) is 1.11. The topological polar surface area (TPSA) is 96.7 Å². The normalized spacial score (nSPS) is 21.3. The molecule has 2 aromatic carbocycles. The Kier molecular flexibility index (Phi) is 7.40. The number of aryl methyl sites for hydroxylation is 1. The van der Waals surface area contributed by atoms with Crippen molar-refractivity contribution >= 4 is 33.5 Å². The zero-order chi connectivity index (χ0) is 29.5. The fraction of sp³-hybridized carbons (Fsp3) is 0.406. The van der Waals surface area contributed by atoms with Crippen molar-refractivity contribution < 1.29 is 9.53 Å². The number of carbonyl (C=O) groups is 1. The van der Waals surface area contributed by atoms with Gasteiger partial charge in [-0.1, -0.05) is 43.0 Å². The summed E-state index contributed by atoms with van der Waals surface area (Å²) in [6.45, 7) is 12.0. The quantitative estimate of drug-likeness (QED) is 0.326. The van der Waals surface area contributed by atoms with Crippen molar-refractivity contribution in [2.45, 2.75) is 51.7 Å². The number of fused-ring (bicyclic) bond motifs is 2. The molecule has 4 aromatic rings. The number of hydrogen-bond donors (Lipinski definition) is 0. The van der Waals surface area contributed by atoms with Crippen LogP contribution < -0.4 is 15.2 Å². The molecule has 6 rings (SSSR count). The van der Waals surface area contributed by atoms with E-state index < -0.39 is 0 Å². The van der Waals surface area contributed by atoms with Crippen molar-refractivity contribution in [1.82, 2.24) is 29.3 Å². The Morgan fingerprint density at radius 1 is 1.05 bits per heavy atom. The van der Waals surface area contributed by atoms with E-state index in [4.69, 9.17) is 14.7 Å². The summed E-state index contributed by atoms with van der Waals surface area (Å²) in [5.74, 6) is 0.985. The molecule has 42 heavy (non-hydrogen) atoms. The molecule has 0 spiro atoms. The average Bonchev–Trinajstić information content (AvgIpc) is 3.40. The number of ether oxygens (including phenoxy) is 1. The van der Waals surface area contributed by atoms with E-state index in [-0.39, 0.29) is 41.1 Å². The van der Waals surface area contributed by atoms with Gasteiger partial charge in [-0.3, -0.25) is 14.2 Å². The number of nitrogens with zero attached hydrogens (tertiary/aromatic N) is 7. The van der Waals surface area contributed by atoms with E-state index in [2.05, 4.69) is 28.4 Å². The number of benzene rings is 2. The number of anilines is 1. The van der Waals surface area contributed by atoms with Crippen LogP contribution in [-0.4, -0.2) is 86.6 Å². The standard InChI is InChI=1S/C32H37N7O3/c1-6-27(40)37-17-20(2)38(21(3)18-37)30-28-29(34-32(35-30)42-19-24-13-10-16-36(24)5)31(41)39(22(4)33-28)26-15-9-12-23-11-7-8-14-25(23)26/h6-9,11-12,14-15,20-21,24H,1,10,13,16-19H2,2-5H3/t20-,21-,24-/m0/s1. The maximum absolute atomic E-state index is 14.3. The van der Waals surface area contributed by atoms with Gasteiger partial charge in [-0.05, 0) is 64.7 Å². The average molecular weight is 568 g/mol. The summed E-state index contributed by atoms with van der Waals surface area (Å²) < 4.78 is 7.83. The van der Waals surface area contributed by atoms with Crippen LogP contribution in [-0.2, 0) is 4.79 Å². The van der Waals surface area contributed by atoms with Gasteiger partial charge in [-0.25, -0.2) is 4.98 Å². The first-order chi connectivity index (χ1) is 20.3. The molecule has 1 amide bonds. The molecular weight excluding hydrogens is 530 g/mol. The molecule has 0 unspecified atom stereocenters. The molecule has 2 aromatic heterocycles. The third-order valence-corrected chi connectivity index (χ3v) is 8.58. The lowest BCUT2D eigenvalue weighted by atomic mass is 10.1. The number of piperazine rings is 1. The molecule has 3 atom stereocenters. The molecule has 218 valence electrons. The van der Waals surface area contributed by atoms with Crippen molar-refractivity contribution in [2.75, 3.05) is 38.2 Å². The fourth-order valence-electron chi connectivity index (χ4n) is 6.48. The van der Waals surface area contributed by atoms with E-state index >= 15 is 0 Å². The number of carbonyl (C=O) groups excluding carboxylic acids is 1. The maximum atomic E-state index is 14.3. The molecule has 0 aliphatic carbocycles.